The van der Waals surface area contributed by atoms with E-state index in [1.54, 1.807) is 0 Å². The summed E-state index contributed by atoms with van der Waals surface area (Å²) >= 11 is 0. The highest BCUT2D eigenvalue weighted by Crippen LogP contribution is 2.47. The lowest BCUT2D eigenvalue weighted by Gasteiger charge is -2.45. The summed E-state index contributed by atoms with van der Waals surface area (Å²) in [6.07, 6.45) is 0.390. The van der Waals surface area contributed by atoms with Crippen LogP contribution in [0.5, 0.6) is 0 Å². The van der Waals surface area contributed by atoms with Gasteiger partial charge >= 0.3 is 6.16 Å². The Morgan fingerprint density at radius 2 is 0.875 bits per heavy atom. The molecule has 0 saturated heterocycles. The summed E-state index contributed by atoms with van der Waals surface area (Å²) in [5.41, 5.74) is 12.5. The molecule has 0 heterocycles. The molecule has 0 N–H and O–H groups in total. The van der Waals surface area contributed by atoms with E-state index in [4.69, 9.17) is 9.47 Å². The minimum Gasteiger partial charge on any atom is -0.438 e. The molecule has 222 valence electrons. The fraction of sp³-hybridized carbons (Fsp3) is 0.581. The molecule has 3 nitrogen and oxygen atoms in total. The van der Waals surface area contributed by atoms with Crippen LogP contribution < -0.4 is 0 Å². The van der Waals surface area contributed by atoms with Crippen LogP contribution >= 0.6 is 0 Å². The Kier molecular flexibility index (Phi) is 15.1. The molecule has 0 aromatic heterocycles. The van der Waals surface area contributed by atoms with Crippen LogP contribution in [0.2, 0.25) is 30.7 Å². The quantitative estimate of drug-likeness (QED) is 0.0981. The molecule has 0 aromatic carbocycles. The van der Waals surface area contributed by atoms with E-state index in [-0.39, 0.29) is 18.6 Å². The molecule has 0 saturated carbocycles. The Morgan fingerprint density at radius 3 is 1.07 bits per heavy atom. The Labute approximate surface area is 258 Å². The third-order valence-corrected chi connectivity index (χ3v) is 32.1. The van der Waals surface area contributed by atoms with Gasteiger partial charge in [-0.25, -0.2) is 4.79 Å². The third-order valence-electron chi connectivity index (χ3n) is 8.79. The van der Waals surface area contributed by atoms with E-state index in [1.165, 1.54) is 0 Å². The van der Waals surface area contributed by atoms with Gasteiger partial charge in [-0.1, -0.05) is 116 Å². The Balaban J connectivity index is 5.45. The number of rotatable bonds is 20. The number of carbonyl (C=O) groups excluding carboxylic acids is 1. The summed E-state index contributed by atoms with van der Waals surface area (Å²) < 4.78 is 11.8. The zero-order valence-corrected chi connectivity index (χ0v) is 33.3. The van der Waals surface area contributed by atoms with Crippen LogP contribution in [-0.4, -0.2) is 71.4 Å². The van der Waals surface area contributed by atoms with Crippen molar-refractivity contribution in [2.45, 2.75) is 100.0 Å². The molecule has 0 atom stereocenters. The first-order valence-corrected chi connectivity index (χ1v) is 24.5. The Hall–Kier alpha value is -0.989. The minimum atomic E-state index is -2.06. The van der Waals surface area contributed by atoms with Crippen molar-refractivity contribution in [1.29, 1.82) is 0 Å². The standard InChI is InChI=1S/C31H56O3Si6/c1-17-37(28(9,10)35-30(13,14)39(19-3,20-4)21-5)25-33-27(32)34-26-38(18-2)29(11,12)36-31(15,16)40(22-6,23-7)24-8/h19-24H,3-8,17-18,25-26H2,1-2,9-16H3. The number of ether oxygens (including phenoxy) is 2. The fourth-order valence-electron chi connectivity index (χ4n) is 5.77. The first kappa shape index (κ1) is 39.0. The van der Waals surface area contributed by atoms with Crippen molar-refractivity contribution in [2.75, 3.05) is 12.5 Å². The molecule has 0 unspecified atom stereocenters. The molecule has 0 aliphatic heterocycles. The molecule has 0 aliphatic rings. The average Bonchev–Trinajstić information content (AvgIpc) is 2.85. The largest absolute Gasteiger partial charge is 0.507 e. The molecular formula is C31H56O3Si6. The first-order chi connectivity index (χ1) is 18.3. The van der Waals surface area contributed by atoms with Crippen molar-refractivity contribution in [2.24, 2.45) is 0 Å². The minimum absolute atomic E-state index is 0.0369. The second-order valence-corrected chi connectivity index (χ2v) is 35.7. The second-order valence-electron chi connectivity index (χ2n) is 12.6. The van der Waals surface area contributed by atoms with Gasteiger partial charge in [0, 0.05) is 19.0 Å². The topological polar surface area (TPSA) is 35.5 Å². The van der Waals surface area contributed by atoms with Crippen LogP contribution in [0.15, 0.2) is 73.7 Å². The van der Waals surface area contributed by atoms with Crippen LogP contribution in [0, 0.1) is 0 Å². The van der Waals surface area contributed by atoms with Gasteiger partial charge in [-0.15, -0.1) is 39.5 Å². The summed E-state index contributed by atoms with van der Waals surface area (Å²) in [4.78, 5) is 12.8. The lowest BCUT2D eigenvalue weighted by molar-refractivity contribution is 0.0783. The molecule has 0 rings (SSSR count). The van der Waals surface area contributed by atoms with Crippen LogP contribution in [0.3, 0.4) is 0 Å². The van der Waals surface area contributed by atoms with E-state index in [1.807, 2.05) is 0 Å². The maximum atomic E-state index is 12.8. The summed E-state index contributed by atoms with van der Waals surface area (Å²) in [7, 11) is -4.77. The molecule has 9 heteroatoms. The molecule has 40 heavy (non-hydrogen) atoms. The molecule has 0 spiro atoms. The molecule has 0 aliphatic carbocycles. The van der Waals surface area contributed by atoms with Gasteiger partial charge in [0.1, 0.15) is 16.1 Å². The smallest absolute Gasteiger partial charge is 0.438 e. The van der Waals surface area contributed by atoms with Gasteiger partial charge in [0.2, 0.25) is 0 Å². The molecular weight excluding hydrogens is 589 g/mol. The molecule has 0 aromatic rings. The Bertz CT molecular complexity index is 806. The van der Waals surface area contributed by atoms with Crippen LogP contribution in [0.4, 0.5) is 4.79 Å². The van der Waals surface area contributed by atoms with Crippen LogP contribution in [-0.2, 0) is 9.47 Å². The van der Waals surface area contributed by atoms with Gasteiger partial charge in [-0.05, 0) is 18.6 Å². The summed E-state index contributed by atoms with van der Waals surface area (Å²) in [6, 6.07) is 2.04. The zero-order chi connectivity index (χ0) is 31.6. The molecule has 6 radical (unpaired) electrons. The van der Waals surface area contributed by atoms with E-state index < -0.39 is 39.9 Å². The predicted molar refractivity (Wildman–Crippen MR) is 190 cm³/mol. The molecule has 0 amide bonds. The monoisotopic (exact) mass is 644 g/mol. The lowest BCUT2D eigenvalue weighted by atomic mass is 10.5. The van der Waals surface area contributed by atoms with Gasteiger partial charge in [-0.2, -0.15) is 0 Å². The van der Waals surface area contributed by atoms with Gasteiger partial charge in [0.05, 0.1) is 30.1 Å². The van der Waals surface area contributed by atoms with E-state index in [2.05, 4.69) is 143 Å². The van der Waals surface area contributed by atoms with Crippen LogP contribution in [0.1, 0.15) is 69.2 Å². The van der Waals surface area contributed by atoms with Crippen molar-refractivity contribution in [3.05, 3.63) is 73.7 Å². The number of hydrogen-bond acceptors (Lipinski definition) is 3. The average molecular weight is 645 g/mol. The zero-order valence-electron chi connectivity index (χ0n) is 27.3. The summed E-state index contributed by atoms with van der Waals surface area (Å²) in [5, 5.41) is 0. The van der Waals surface area contributed by atoms with Crippen molar-refractivity contribution in [3.8, 4) is 0 Å². The van der Waals surface area contributed by atoms with Crippen molar-refractivity contribution in [3.63, 3.8) is 0 Å². The van der Waals surface area contributed by atoms with E-state index in [9.17, 15) is 4.79 Å². The van der Waals surface area contributed by atoms with Crippen molar-refractivity contribution in [1.82, 2.24) is 0 Å². The predicted octanol–water partition coefficient (Wildman–Crippen LogP) is 8.86. The maximum absolute atomic E-state index is 12.8. The van der Waals surface area contributed by atoms with Crippen molar-refractivity contribution < 1.29 is 14.3 Å². The van der Waals surface area contributed by atoms with E-state index in [0.29, 0.717) is 31.5 Å². The van der Waals surface area contributed by atoms with Gasteiger partial charge in [0.25, 0.3) is 0 Å². The molecule has 0 bridgehead atoms. The normalized spacial score (nSPS) is 13.5. The summed E-state index contributed by atoms with van der Waals surface area (Å²) in [6.45, 7) is 47.8. The highest BCUT2D eigenvalue weighted by Gasteiger charge is 2.48. The highest BCUT2D eigenvalue weighted by molar-refractivity contribution is 7.03. The van der Waals surface area contributed by atoms with Crippen LogP contribution in [0.25, 0.3) is 0 Å². The highest BCUT2D eigenvalue weighted by atomic mass is 28.4. The maximum Gasteiger partial charge on any atom is 0.507 e. The van der Waals surface area contributed by atoms with Crippen molar-refractivity contribution >= 4 is 58.9 Å². The number of hydrogen-bond donors (Lipinski definition) is 0. The van der Waals surface area contributed by atoms with Gasteiger partial charge in [0.15, 0.2) is 0 Å². The second kappa shape index (κ2) is 15.5. The fourth-order valence-corrected chi connectivity index (χ4v) is 27.4. The SMILES string of the molecule is C=C[Si](C=C)(C=C)C(C)(C)[Si]C(C)(C)[Si](CC)COC(=O)OC[Si](CC)C(C)(C)[Si]C(C)(C)[Si](C=C)(C=C)C=C. The lowest BCUT2D eigenvalue weighted by Crippen LogP contribution is -2.50. The van der Waals surface area contributed by atoms with E-state index in [0.717, 1.165) is 12.1 Å². The number of carbonyl (C=O) groups is 1. The summed E-state index contributed by atoms with van der Waals surface area (Å²) in [5.74, 6) is 0. The van der Waals surface area contributed by atoms with Gasteiger partial charge in [-0.3, -0.25) is 0 Å². The van der Waals surface area contributed by atoms with Gasteiger partial charge < -0.3 is 9.47 Å². The van der Waals surface area contributed by atoms with E-state index >= 15 is 0 Å². The molecule has 0 fully saturated rings. The first-order valence-electron chi connectivity index (χ1n) is 14.2. The third kappa shape index (κ3) is 9.00. The Morgan fingerprint density at radius 1 is 0.625 bits per heavy atom.